The van der Waals surface area contributed by atoms with Gasteiger partial charge in [-0.2, -0.15) is 5.10 Å². The molecule has 2 rings (SSSR count). The number of benzene rings is 2. The van der Waals surface area contributed by atoms with Gasteiger partial charge in [-0.3, -0.25) is 4.79 Å². The van der Waals surface area contributed by atoms with Crippen molar-refractivity contribution in [1.29, 1.82) is 0 Å². The van der Waals surface area contributed by atoms with E-state index >= 15 is 0 Å². The van der Waals surface area contributed by atoms with Gasteiger partial charge < -0.3 is 14.8 Å². The summed E-state index contributed by atoms with van der Waals surface area (Å²) in [6, 6.07) is 8.92. The van der Waals surface area contributed by atoms with Crippen LogP contribution in [0.2, 0.25) is 5.02 Å². The van der Waals surface area contributed by atoms with Crippen molar-refractivity contribution in [1.82, 2.24) is 5.43 Å². The molecule has 8 heteroatoms. The highest BCUT2D eigenvalue weighted by atomic mass is 35.5. The van der Waals surface area contributed by atoms with Crippen LogP contribution in [-0.2, 0) is 4.79 Å². The predicted octanol–water partition coefficient (Wildman–Crippen LogP) is 3.06. The number of ether oxygens (including phenoxy) is 2. The first kappa shape index (κ1) is 18.5. The third-order valence-corrected chi connectivity index (χ3v) is 3.52. The Labute approximate surface area is 149 Å². The largest absolute Gasteiger partial charge is 0.493 e. The summed E-state index contributed by atoms with van der Waals surface area (Å²) < 4.78 is 23.1. The van der Waals surface area contributed by atoms with E-state index in [0.29, 0.717) is 27.8 Å². The summed E-state index contributed by atoms with van der Waals surface area (Å²) in [5.74, 6) is 0.290. The van der Waals surface area contributed by atoms with E-state index in [4.69, 9.17) is 21.1 Å². The molecule has 0 atom stereocenters. The van der Waals surface area contributed by atoms with E-state index in [1.54, 1.807) is 12.1 Å². The zero-order valence-corrected chi connectivity index (χ0v) is 14.4. The van der Waals surface area contributed by atoms with Crippen LogP contribution >= 0.6 is 11.6 Å². The number of carbonyl (C=O) groups is 1. The van der Waals surface area contributed by atoms with E-state index in [1.165, 1.54) is 44.7 Å². The fraction of sp³-hybridized carbons (Fsp3) is 0.176. The molecule has 0 saturated heterocycles. The standard InChI is InChI=1S/C17H17ClFN3O3/c1-24-15-7-11(14(18)8-16(15)25-2)9-21-22-17(23)10-20-13-5-3-12(19)4-6-13/h3-9,20H,10H2,1-2H3,(H,22,23)/b21-9-. The van der Waals surface area contributed by atoms with E-state index in [2.05, 4.69) is 15.8 Å². The summed E-state index contributed by atoms with van der Waals surface area (Å²) in [6.07, 6.45) is 1.40. The molecule has 0 fully saturated rings. The molecule has 2 aromatic carbocycles. The van der Waals surface area contributed by atoms with Gasteiger partial charge in [0.25, 0.3) is 5.91 Å². The van der Waals surface area contributed by atoms with Gasteiger partial charge in [-0.05, 0) is 30.3 Å². The lowest BCUT2D eigenvalue weighted by atomic mass is 10.2. The van der Waals surface area contributed by atoms with Gasteiger partial charge in [0, 0.05) is 17.3 Å². The van der Waals surface area contributed by atoms with E-state index < -0.39 is 0 Å². The van der Waals surface area contributed by atoms with Crippen molar-refractivity contribution in [2.24, 2.45) is 5.10 Å². The van der Waals surface area contributed by atoms with Gasteiger partial charge in [0.15, 0.2) is 11.5 Å². The van der Waals surface area contributed by atoms with Crippen molar-refractivity contribution < 1.29 is 18.7 Å². The first-order chi connectivity index (χ1) is 12.0. The molecule has 2 aromatic rings. The first-order valence-electron chi connectivity index (χ1n) is 7.26. The molecule has 0 aliphatic heterocycles. The number of hydrazone groups is 1. The Morgan fingerprint density at radius 3 is 2.48 bits per heavy atom. The van der Waals surface area contributed by atoms with Crippen molar-refractivity contribution in [3.05, 3.63) is 52.8 Å². The zero-order valence-electron chi connectivity index (χ0n) is 13.7. The first-order valence-corrected chi connectivity index (χ1v) is 7.64. The van der Waals surface area contributed by atoms with E-state index in [0.717, 1.165) is 0 Å². The SMILES string of the molecule is COc1cc(Cl)c(/C=N\NC(=O)CNc2ccc(F)cc2)cc1OC. The van der Waals surface area contributed by atoms with Gasteiger partial charge >= 0.3 is 0 Å². The second kappa shape index (κ2) is 8.89. The van der Waals surface area contributed by atoms with Crippen molar-refractivity contribution >= 4 is 29.4 Å². The highest BCUT2D eigenvalue weighted by Crippen LogP contribution is 2.32. The molecule has 0 heterocycles. The highest BCUT2D eigenvalue weighted by molar-refractivity contribution is 6.33. The summed E-state index contributed by atoms with van der Waals surface area (Å²) in [5.41, 5.74) is 3.56. The van der Waals surface area contributed by atoms with Crippen LogP contribution in [-0.4, -0.2) is 32.9 Å². The maximum Gasteiger partial charge on any atom is 0.259 e. The summed E-state index contributed by atoms with van der Waals surface area (Å²) in [4.78, 5) is 11.7. The molecule has 0 radical (unpaired) electrons. The second-order valence-corrected chi connectivity index (χ2v) is 5.29. The molecule has 0 aliphatic carbocycles. The number of hydrogen-bond acceptors (Lipinski definition) is 5. The predicted molar refractivity (Wildman–Crippen MR) is 95.2 cm³/mol. The summed E-state index contributed by atoms with van der Waals surface area (Å²) >= 11 is 6.12. The molecule has 25 heavy (non-hydrogen) atoms. The average Bonchev–Trinajstić information content (AvgIpc) is 2.62. The molecule has 0 aliphatic rings. The van der Waals surface area contributed by atoms with Crippen LogP contribution in [0.15, 0.2) is 41.5 Å². The van der Waals surface area contributed by atoms with Crippen LogP contribution in [0, 0.1) is 5.82 Å². The van der Waals surface area contributed by atoms with Crippen LogP contribution in [0.4, 0.5) is 10.1 Å². The molecular formula is C17H17ClFN3O3. The van der Waals surface area contributed by atoms with E-state index in [9.17, 15) is 9.18 Å². The Balaban J connectivity index is 1.91. The molecule has 0 saturated carbocycles. The molecule has 0 bridgehead atoms. The maximum absolute atomic E-state index is 12.8. The van der Waals surface area contributed by atoms with Crippen molar-refractivity contribution in [3.8, 4) is 11.5 Å². The number of anilines is 1. The van der Waals surface area contributed by atoms with E-state index in [1.807, 2.05) is 0 Å². The number of rotatable bonds is 7. The fourth-order valence-corrected chi connectivity index (χ4v) is 2.13. The Bertz CT molecular complexity index is 766. The van der Waals surface area contributed by atoms with Crippen LogP contribution in [0.5, 0.6) is 11.5 Å². The van der Waals surface area contributed by atoms with Crippen LogP contribution in [0.25, 0.3) is 0 Å². The van der Waals surface area contributed by atoms with Gasteiger partial charge in [-0.15, -0.1) is 0 Å². The third kappa shape index (κ3) is 5.36. The Hall–Kier alpha value is -2.80. The molecule has 2 N–H and O–H groups in total. The highest BCUT2D eigenvalue weighted by Gasteiger charge is 2.08. The zero-order chi connectivity index (χ0) is 18.2. The number of nitrogens with zero attached hydrogens (tertiary/aromatic N) is 1. The smallest absolute Gasteiger partial charge is 0.259 e. The Kier molecular flexibility index (Phi) is 6.59. The monoisotopic (exact) mass is 365 g/mol. The normalized spacial score (nSPS) is 10.6. The molecule has 1 amide bonds. The van der Waals surface area contributed by atoms with Gasteiger partial charge in [0.05, 0.1) is 32.0 Å². The quantitative estimate of drug-likeness (QED) is 0.584. The minimum atomic E-state index is -0.364. The maximum atomic E-state index is 12.8. The average molecular weight is 366 g/mol. The topological polar surface area (TPSA) is 72.0 Å². The van der Waals surface area contributed by atoms with Gasteiger partial charge in [-0.25, -0.2) is 9.82 Å². The van der Waals surface area contributed by atoms with Gasteiger partial charge in [-0.1, -0.05) is 11.6 Å². The van der Waals surface area contributed by atoms with Crippen LogP contribution < -0.4 is 20.2 Å². The summed E-state index contributed by atoms with van der Waals surface area (Å²) in [6.45, 7) is -0.0113. The second-order valence-electron chi connectivity index (χ2n) is 4.88. The molecule has 0 spiro atoms. The Morgan fingerprint density at radius 1 is 1.20 bits per heavy atom. The van der Waals surface area contributed by atoms with Crippen LogP contribution in [0.1, 0.15) is 5.56 Å². The van der Waals surface area contributed by atoms with Gasteiger partial charge in [0.2, 0.25) is 0 Å². The van der Waals surface area contributed by atoms with Gasteiger partial charge in [0.1, 0.15) is 5.82 Å². The van der Waals surface area contributed by atoms with E-state index in [-0.39, 0.29) is 18.3 Å². The molecule has 0 aromatic heterocycles. The number of nitrogens with one attached hydrogen (secondary N) is 2. The molecular weight excluding hydrogens is 349 g/mol. The lowest BCUT2D eigenvalue weighted by molar-refractivity contribution is -0.119. The number of halogens is 2. The number of carbonyl (C=O) groups excluding carboxylic acids is 1. The molecule has 6 nitrogen and oxygen atoms in total. The Morgan fingerprint density at radius 2 is 1.84 bits per heavy atom. The minimum absolute atomic E-state index is 0.0113. The summed E-state index contributed by atoms with van der Waals surface area (Å²) in [7, 11) is 3.02. The fourth-order valence-electron chi connectivity index (χ4n) is 1.93. The van der Waals surface area contributed by atoms with Crippen molar-refractivity contribution in [2.75, 3.05) is 26.1 Å². The van der Waals surface area contributed by atoms with Crippen LogP contribution in [0.3, 0.4) is 0 Å². The van der Waals surface area contributed by atoms with Crippen molar-refractivity contribution in [3.63, 3.8) is 0 Å². The molecule has 0 unspecified atom stereocenters. The number of hydrogen-bond donors (Lipinski definition) is 2. The lowest BCUT2D eigenvalue weighted by Gasteiger charge is -2.09. The third-order valence-electron chi connectivity index (χ3n) is 3.19. The number of methoxy groups -OCH3 is 2. The number of amides is 1. The molecule has 132 valence electrons. The lowest BCUT2D eigenvalue weighted by Crippen LogP contribution is -2.25. The van der Waals surface area contributed by atoms with Crippen molar-refractivity contribution in [2.45, 2.75) is 0 Å². The summed E-state index contributed by atoms with van der Waals surface area (Å²) in [5, 5.41) is 7.11. The minimum Gasteiger partial charge on any atom is -0.493 e.